The summed E-state index contributed by atoms with van der Waals surface area (Å²) in [5, 5.41) is 62.9. The summed E-state index contributed by atoms with van der Waals surface area (Å²) in [4.78, 5) is 68.4. The Hall–Kier alpha value is -5.95. The number of anilines is 1. The van der Waals surface area contributed by atoms with Gasteiger partial charge in [0, 0.05) is 42.8 Å². The van der Waals surface area contributed by atoms with Crippen LogP contribution in [0.5, 0.6) is 0 Å². The van der Waals surface area contributed by atoms with Crippen molar-refractivity contribution >= 4 is 61.1 Å². The average Bonchev–Trinajstić information content (AvgIpc) is 3.10. The molecule has 0 saturated carbocycles. The Morgan fingerprint density at radius 3 is 1.56 bits per heavy atom. The van der Waals surface area contributed by atoms with E-state index >= 15 is 0 Å². The first kappa shape index (κ1) is 40.5. The lowest BCUT2D eigenvalue weighted by Crippen LogP contribution is -2.58. The van der Waals surface area contributed by atoms with Crippen LogP contribution >= 0.6 is 0 Å². The van der Waals surface area contributed by atoms with Crippen molar-refractivity contribution in [1.29, 1.82) is 0 Å². The zero-order valence-electron chi connectivity index (χ0n) is 26.3. The monoisotopic (exact) mass is 769 g/mol. The molecule has 22 nitrogen and oxygen atoms in total. The summed E-state index contributed by atoms with van der Waals surface area (Å²) in [7, 11) is -11.0. The predicted octanol–water partition coefficient (Wildman–Crippen LogP) is 1.59. The van der Waals surface area contributed by atoms with Crippen LogP contribution in [0.15, 0.2) is 82.6 Å². The molecule has 0 aliphatic carbocycles. The summed E-state index contributed by atoms with van der Waals surface area (Å²) in [5.74, 6) is -1.68. The van der Waals surface area contributed by atoms with Crippen molar-refractivity contribution in [2.24, 2.45) is 0 Å². The molecule has 0 spiro atoms. The zero-order valence-corrected chi connectivity index (χ0v) is 28.0. The number of benzene rings is 3. The number of nitro groups is 3. The van der Waals surface area contributed by atoms with Gasteiger partial charge in [-0.2, -0.15) is 4.31 Å². The first-order chi connectivity index (χ1) is 24.3. The first-order valence-corrected chi connectivity index (χ1v) is 17.2. The number of carboxylic acid groups (broad SMARTS) is 1. The van der Waals surface area contributed by atoms with E-state index in [0.717, 1.165) is 31.2 Å². The van der Waals surface area contributed by atoms with E-state index in [4.69, 9.17) is 4.74 Å². The minimum Gasteiger partial charge on any atom is -0.479 e. The summed E-state index contributed by atoms with van der Waals surface area (Å²) in [6.07, 6.45) is -7.07. The number of carbonyl (C=O) groups excluding carboxylic acids is 2. The number of carbonyl (C=O) groups is 3. The molecule has 52 heavy (non-hydrogen) atoms. The summed E-state index contributed by atoms with van der Waals surface area (Å²) < 4.78 is 61.7. The van der Waals surface area contributed by atoms with Gasteiger partial charge in [0.15, 0.2) is 6.10 Å². The number of hydrogen-bond acceptors (Lipinski definition) is 16. The number of carboxylic acids is 1. The molecule has 0 aromatic heterocycles. The third kappa shape index (κ3) is 8.85. The van der Waals surface area contributed by atoms with Gasteiger partial charge in [-0.05, 0) is 43.3 Å². The van der Waals surface area contributed by atoms with E-state index in [-0.39, 0.29) is 14.9 Å². The number of aliphatic hydroxyl groups excluding tert-OH is 2. The Morgan fingerprint density at radius 1 is 0.788 bits per heavy atom. The zero-order chi connectivity index (χ0) is 39.1. The number of aliphatic hydroxyl groups is 2. The van der Waals surface area contributed by atoms with E-state index in [9.17, 15) is 76.9 Å². The molecule has 3 rings (SSSR count). The van der Waals surface area contributed by atoms with Crippen LogP contribution in [0, 0.1) is 30.3 Å². The molecule has 4 atom stereocenters. The van der Waals surface area contributed by atoms with Gasteiger partial charge in [0.25, 0.3) is 37.1 Å². The van der Waals surface area contributed by atoms with Crippen molar-refractivity contribution in [2.45, 2.75) is 47.5 Å². The van der Waals surface area contributed by atoms with Gasteiger partial charge in [-0.1, -0.05) is 0 Å². The highest BCUT2D eigenvalue weighted by Crippen LogP contribution is 2.32. The van der Waals surface area contributed by atoms with Gasteiger partial charge < -0.3 is 24.9 Å². The van der Waals surface area contributed by atoms with Crippen molar-refractivity contribution < 1.29 is 66.0 Å². The minimum absolute atomic E-state index is 0.225. The number of aliphatic carboxylic acids is 1. The molecule has 0 aliphatic rings. The molecule has 0 saturated heterocycles. The number of nitro benzene ring substituents is 3. The first-order valence-electron chi connectivity index (χ1n) is 14.3. The molecule has 0 radical (unpaired) electrons. The van der Waals surface area contributed by atoms with Crippen LogP contribution in [0.1, 0.15) is 13.3 Å². The molecular formula is C28H27N5O17S2. The topological polar surface area (TPSA) is 325 Å². The summed E-state index contributed by atoms with van der Waals surface area (Å²) in [5.41, 5.74) is -2.65. The maximum atomic E-state index is 14.6. The van der Waals surface area contributed by atoms with Crippen molar-refractivity contribution in [3.05, 3.63) is 103 Å². The summed E-state index contributed by atoms with van der Waals surface area (Å²) >= 11 is 0. The number of aldehydes is 1. The quantitative estimate of drug-likeness (QED) is 0.0996. The lowest BCUT2D eigenvalue weighted by molar-refractivity contribution is -0.385. The number of hydrogen-bond donors (Lipinski definition) is 3. The van der Waals surface area contributed by atoms with Gasteiger partial charge in [-0.15, -0.1) is 0 Å². The van der Waals surface area contributed by atoms with Gasteiger partial charge in [0.2, 0.25) is 0 Å². The largest absolute Gasteiger partial charge is 0.479 e. The lowest BCUT2D eigenvalue weighted by atomic mass is 10.0. The second kappa shape index (κ2) is 16.4. The second-order valence-corrected chi connectivity index (χ2v) is 14.1. The Balaban J connectivity index is 2.42. The Kier molecular flexibility index (Phi) is 12.8. The molecule has 0 aliphatic heterocycles. The molecule has 3 N–H and O–H groups in total. The van der Waals surface area contributed by atoms with Crippen LogP contribution in [0.2, 0.25) is 0 Å². The Morgan fingerprint density at radius 2 is 1.19 bits per heavy atom. The molecule has 4 unspecified atom stereocenters. The maximum absolute atomic E-state index is 14.6. The average molecular weight is 770 g/mol. The number of amides is 2. The molecule has 3 aromatic rings. The third-order valence-corrected chi connectivity index (χ3v) is 10.6. The summed E-state index contributed by atoms with van der Waals surface area (Å²) in [6, 6.07) is 3.56. The van der Waals surface area contributed by atoms with Crippen LogP contribution < -0.4 is 4.31 Å². The molecule has 278 valence electrons. The van der Waals surface area contributed by atoms with Gasteiger partial charge in [-0.25, -0.2) is 30.7 Å². The van der Waals surface area contributed by atoms with E-state index in [1.165, 1.54) is 0 Å². The second-order valence-electron chi connectivity index (χ2n) is 10.5. The fourth-order valence-electron chi connectivity index (χ4n) is 4.47. The van der Waals surface area contributed by atoms with Gasteiger partial charge in [0.1, 0.15) is 12.3 Å². The number of ether oxygens (including phenoxy) is 1. The summed E-state index contributed by atoms with van der Waals surface area (Å²) in [6.45, 7) is -0.138. The number of nitrogens with zero attached hydrogens (tertiary/aromatic N) is 5. The molecule has 0 heterocycles. The molecular weight excluding hydrogens is 742 g/mol. The van der Waals surface area contributed by atoms with Crippen molar-refractivity contribution in [3.63, 3.8) is 0 Å². The van der Waals surface area contributed by atoms with Crippen molar-refractivity contribution in [2.75, 3.05) is 10.9 Å². The van der Waals surface area contributed by atoms with Crippen LogP contribution in [0.3, 0.4) is 0 Å². The number of non-ortho nitro benzene ring substituents is 3. The van der Waals surface area contributed by atoms with Crippen LogP contribution in [-0.4, -0.2) is 100 Å². The highest BCUT2D eigenvalue weighted by molar-refractivity contribution is 7.94. The fourth-order valence-corrected chi connectivity index (χ4v) is 7.41. The molecule has 0 fully saturated rings. The van der Waals surface area contributed by atoms with Gasteiger partial charge in [-0.3, -0.25) is 30.3 Å². The normalized spacial score (nSPS) is 13.9. The fraction of sp³-hybridized carbons (Fsp3) is 0.250. The maximum Gasteiger partial charge on any atom is 0.353 e. The van der Waals surface area contributed by atoms with E-state index in [0.29, 0.717) is 48.5 Å². The van der Waals surface area contributed by atoms with Crippen molar-refractivity contribution in [3.8, 4) is 0 Å². The van der Waals surface area contributed by atoms with Crippen LogP contribution in [0.25, 0.3) is 0 Å². The SMILES string of the molecule is CC(OC(CC(O)CO)C(C=O)N(C(=O)N(c1ccc([N+](=O)[O-])cc1)S(=O)(=O)c1ccc([N+](=O)[O-])cc1)S(=O)(=O)c1ccc([N+](=O)[O-])cc1)C(=O)O. The van der Waals surface area contributed by atoms with Gasteiger partial charge >= 0.3 is 12.0 Å². The van der Waals surface area contributed by atoms with E-state index in [2.05, 4.69) is 0 Å². The molecule has 0 bridgehead atoms. The predicted molar refractivity (Wildman–Crippen MR) is 173 cm³/mol. The lowest BCUT2D eigenvalue weighted by Gasteiger charge is -2.36. The van der Waals surface area contributed by atoms with E-state index in [1.807, 2.05) is 0 Å². The van der Waals surface area contributed by atoms with Crippen molar-refractivity contribution in [1.82, 2.24) is 4.31 Å². The smallest absolute Gasteiger partial charge is 0.353 e. The molecule has 24 heteroatoms. The number of urea groups is 1. The van der Waals surface area contributed by atoms with E-state index in [1.54, 1.807) is 0 Å². The Bertz CT molecular complexity index is 2060. The van der Waals surface area contributed by atoms with Crippen LogP contribution in [-0.2, 0) is 34.4 Å². The standard InChI is InChI=1S/C28H27N5O17S2/c1-17(27(37)38)50-26(14-22(36)15-34)25(16-35)30(52(48,49)24-12-8-21(9-13-24)33(44)45)28(39)29(18-2-4-19(5-3-18)31(40)41)51(46,47)23-10-6-20(7-11-23)32(42)43/h2-13,16-17,22,25-26,34,36H,14-15H2,1H3,(H,37,38). The number of sulfonamides is 2. The van der Waals surface area contributed by atoms with E-state index < -0.39 is 117 Å². The van der Waals surface area contributed by atoms with Crippen LogP contribution in [0.4, 0.5) is 27.5 Å². The highest BCUT2D eigenvalue weighted by atomic mass is 32.2. The van der Waals surface area contributed by atoms with Gasteiger partial charge in [0.05, 0.1) is 49.1 Å². The molecule has 3 aromatic carbocycles. The highest BCUT2D eigenvalue weighted by Gasteiger charge is 2.47. The Labute approximate surface area is 292 Å². The number of rotatable bonds is 17. The minimum atomic E-state index is -5.58. The third-order valence-electron chi connectivity index (χ3n) is 7.08. The molecule has 2 amide bonds.